The smallest absolute Gasteiger partial charge is 0.293 e. The van der Waals surface area contributed by atoms with E-state index < -0.39 is 28.3 Å². The molecule has 10 heteroatoms. The fourth-order valence-corrected chi connectivity index (χ4v) is 5.43. The molecule has 33 heavy (non-hydrogen) atoms. The Morgan fingerprint density at radius 3 is 2.55 bits per heavy atom. The zero-order valence-corrected chi connectivity index (χ0v) is 18.8. The molecule has 1 saturated carbocycles. The summed E-state index contributed by atoms with van der Waals surface area (Å²) in [5, 5.41) is 2.05. The number of amides is 5. The summed E-state index contributed by atoms with van der Waals surface area (Å²) < 4.78 is 13.8. The Balaban J connectivity index is 1.29. The van der Waals surface area contributed by atoms with Crippen LogP contribution in [-0.4, -0.2) is 58.3 Å². The minimum Gasteiger partial charge on any atom is -0.353 e. The van der Waals surface area contributed by atoms with E-state index in [1.165, 1.54) is 24.3 Å². The number of likely N-dealkylation sites (tertiary alicyclic amines) is 1. The quantitative estimate of drug-likeness (QED) is 0.503. The Hall–Kier alpha value is -3.01. The first-order valence-corrected chi connectivity index (χ1v) is 11.7. The van der Waals surface area contributed by atoms with Crippen molar-refractivity contribution in [1.82, 2.24) is 15.1 Å². The number of carbonyl (C=O) groups is 5. The zero-order chi connectivity index (χ0) is 23.6. The average Bonchev–Trinajstić information content (AvgIpc) is 3.18. The second kappa shape index (κ2) is 9.46. The molecule has 4 rings (SSSR count). The van der Waals surface area contributed by atoms with Gasteiger partial charge in [-0.05, 0) is 36.7 Å². The van der Waals surface area contributed by atoms with E-state index in [0.29, 0.717) is 24.6 Å². The van der Waals surface area contributed by atoms with Crippen molar-refractivity contribution in [3.63, 3.8) is 0 Å². The van der Waals surface area contributed by atoms with Crippen molar-refractivity contribution in [3.05, 3.63) is 40.6 Å². The molecule has 5 amide bonds. The number of nitrogens with zero attached hydrogens (tertiary/aromatic N) is 2. The molecule has 2 heterocycles. The lowest BCUT2D eigenvalue weighted by Crippen LogP contribution is -2.44. The number of rotatable bonds is 6. The first-order chi connectivity index (χ1) is 15.8. The molecule has 1 spiro atoms. The topological polar surface area (TPSA) is 104 Å². The van der Waals surface area contributed by atoms with Gasteiger partial charge in [-0.25, -0.2) is 4.39 Å². The number of halogens is 1. The van der Waals surface area contributed by atoms with Crippen molar-refractivity contribution in [2.75, 3.05) is 19.6 Å². The molecule has 3 fully saturated rings. The van der Waals surface area contributed by atoms with E-state index in [4.69, 9.17) is 0 Å². The summed E-state index contributed by atoms with van der Waals surface area (Å²) in [4.78, 5) is 64.3. The second-order valence-electron chi connectivity index (χ2n) is 8.51. The molecular formula is C23H24FN3O5S. The van der Waals surface area contributed by atoms with E-state index in [-0.39, 0.29) is 48.3 Å². The van der Waals surface area contributed by atoms with E-state index in [1.54, 1.807) is 6.07 Å². The van der Waals surface area contributed by atoms with Gasteiger partial charge in [0, 0.05) is 25.1 Å². The predicted octanol–water partition coefficient (Wildman–Crippen LogP) is 2.69. The monoisotopic (exact) mass is 473 g/mol. The molecule has 1 aromatic carbocycles. The molecule has 8 nitrogen and oxygen atoms in total. The van der Waals surface area contributed by atoms with E-state index in [0.717, 1.165) is 29.1 Å². The number of hydrogen-bond donors (Lipinski definition) is 1. The largest absolute Gasteiger partial charge is 0.353 e. The van der Waals surface area contributed by atoms with Crippen LogP contribution in [0.5, 0.6) is 0 Å². The van der Waals surface area contributed by atoms with Crippen LogP contribution in [0.4, 0.5) is 9.18 Å². The molecule has 1 aliphatic carbocycles. The molecule has 174 valence electrons. The number of thioether (sulfide) groups is 1. The Morgan fingerprint density at radius 2 is 1.82 bits per heavy atom. The van der Waals surface area contributed by atoms with Crippen molar-refractivity contribution in [3.8, 4) is 0 Å². The van der Waals surface area contributed by atoms with Gasteiger partial charge in [-0.15, -0.1) is 0 Å². The molecule has 2 saturated heterocycles. The lowest BCUT2D eigenvalue weighted by Gasteiger charge is -2.30. The zero-order valence-electron chi connectivity index (χ0n) is 18.0. The van der Waals surface area contributed by atoms with Crippen LogP contribution in [-0.2, 0) is 19.2 Å². The van der Waals surface area contributed by atoms with Gasteiger partial charge < -0.3 is 5.32 Å². The number of imide groups is 2. The minimum absolute atomic E-state index is 0.0226. The van der Waals surface area contributed by atoms with Crippen molar-refractivity contribution in [1.29, 1.82) is 0 Å². The van der Waals surface area contributed by atoms with Crippen LogP contribution in [0.2, 0.25) is 0 Å². The lowest BCUT2D eigenvalue weighted by molar-refractivity contribution is -0.145. The molecule has 0 aromatic heterocycles. The standard InChI is InChI=1S/C23H24FN3O5S/c24-16-7-3-2-6-15(16)12-17-20(30)26(22(32)33-17)11-10-25-18(28)14-27-19(29)13-23(21(27)31)8-4-1-5-9-23/h2-3,6-7,12H,1,4-5,8-11,13-14H2,(H,25,28)/b17-12-. The van der Waals surface area contributed by atoms with Gasteiger partial charge in [0.15, 0.2) is 0 Å². The van der Waals surface area contributed by atoms with Crippen LogP contribution in [0.15, 0.2) is 29.2 Å². The summed E-state index contributed by atoms with van der Waals surface area (Å²) in [6, 6.07) is 5.92. The van der Waals surface area contributed by atoms with Gasteiger partial charge in [-0.2, -0.15) is 0 Å². The summed E-state index contributed by atoms with van der Waals surface area (Å²) >= 11 is 0.705. The molecule has 2 aliphatic heterocycles. The third-order valence-electron chi connectivity index (χ3n) is 6.32. The first kappa shape index (κ1) is 23.2. The molecule has 0 unspecified atom stereocenters. The molecule has 0 radical (unpaired) electrons. The van der Waals surface area contributed by atoms with Gasteiger partial charge in [0.2, 0.25) is 17.7 Å². The third-order valence-corrected chi connectivity index (χ3v) is 7.23. The summed E-state index contributed by atoms with van der Waals surface area (Å²) in [6.07, 6.45) is 5.69. The van der Waals surface area contributed by atoms with Crippen LogP contribution in [0.25, 0.3) is 6.08 Å². The van der Waals surface area contributed by atoms with Crippen molar-refractivity contribution < 1.29 is 28.4 Å². The molecule has 3 aliphatic rings. The summed E-state index contributed by atoms with van der Waals surface area (Å²) in [6.45, 7) is -0.462. The number of nitrogens with one attached hydrogen (secondary N) is 1. The Kier molecular flexibility index (Phi) is 6.64. The average molecular weight is 474 g/mol. The van der Waals surface area contributed by atoms with Crippen LogP contribution < -0.4 is 5.32 Å². The van der Waals surface area contributed by atoms with Crippen molar-refractivity contribution >= 4 is 46.7 Å². The Labute approximate surface area is 194 Å². The highest BCUT2D eigenvalue weighted by atomic mass is 32.2. The Bertz CT molecular complexity index is 1050. The maximum atomic E-state index is 13.8. The minimum atomic E-state index is -0.651. The third kappa shape index (κ3) is 4.71. The van der Waals surface area contributed by atoms with E-state index in [1.807, 2.05) is 0 Å². The number of benzene rings is 1. The summed E-state index contributed by atoms with van der Waals surface area (Å²) in [5.41, 5.74) is -0.450. The van der Waals surface area contributed by atoms with Crippen LogP contribution >= 0.6 is 11.8 Å². The number of hydrogen-bond acceptors (Lipinski definition) is 6. The van der Waals surface area contributed by atoms with Crippen LogP contribution in [0, 0.1) is 11.2 Å². The SMILES string of the molecule is O=C(CN1C(=O)CC2(CCCCC2)C1=O)NCCN1C(=O)S/C(=C\c2ccccc2F)C1=O. The highest BCUT2D eigenvalue weighted by Crippen LogP contribution is 2.45. The molecule has 0 atom stereocenters. The van der Waals surface area contributed by atoms with E-state index >= 15 is 0 Å². The van der Waals surface area contributed by atoms with Crippen LogP contribution in [0.1, 0.15) is 44.1 Å². The summed E-state index contributed by atoms with van der Waals surface area (Å²) in [5.74, 6) is -2.20. The van der Waals surface area contributed by atoms with Crippen molar-refractivity contribution in [2.45, 2.75) is 38.5 Å². The highest BCUT2D eigenvalue weighted by molar-refractivity contribution is 8.18. The maximum absolute atomic E-state index is 13.8. The Morgan fingerprint density at radius 1 is 1.09 bits per heavy atom. The number of carbonyl (C=O) groups excluding carboxylic acids is 5. The normalized spacial score (nSPS) is 21.5. The molecule has 1 aromatic rings. The highest BCUT2D eigenvalue weighted by Gasteiger charge is 2.51. The van der Waals surface area contributed by atoms with Gasteiger partial charge >= 0.3 is 0 Å². The van der Waals surface area contributed by atoms with Gasteiger partial charge in [0.25, 0.3) is 11.1 Å². The molecule has 1 N–H and O–H groups in total. The predicted molar refractivity (Wildman–Crippen MR) is 119 cm³/mol. The maximum Gasteiger partial charge on any atom is 0.293 e. The second-order valence-corrected chi connectivity index (χ2v) is 9.50. The van der Waals surface area contributed by atoms with Gasteiger partial charge in [-0.3, -0.25) is 33.8 Å². The molecule has 0 bridgehead atoms. The van der Waals surface area contributed by atoms with E-state index in [9.17, 15) is 28.4 Å². The van der Waals surface area contributed by atoms with Crippen LogP contribution in [0.3, 0.4) is 0 Å². The van der Waals surface area contributed by atoms with E-state index in [2.05, 4.69) is 5.32 Å². The van der Waals surface area contributed by atoms with Gasteiger partial charge in [0.1, 0.15) is 12.4 Å². The fraction of sp³-hybridized carbons (Fsp3) is 0.435. The van der Waals surface area contributed by atoms with Gasteiger partial charge in [0.05, 0.1) is 10.3 Å². The first-order valence-electron chi connectivity index (χ1n) is 10.9. The molecular weight excluding hydrogens is 449 g/mol. The summed E-state index contributed by atoms with van der Waals surface area (Å²) in [7, 11) is 0. The lowest BCUT2D eigenvalue weighted by atomic mass is 9.73. The van der Waals surface area contributed by atoms with Gasteiger partial charge in [-0.1, -0.05) is 37.5 Å². The fourth-order valence-electron chi connectivity index (χ4n) is 4.57. The van der Waals surface area contributed by atoms with Crippen molar-refractivity contribution in [2.24, 2.45) is 5.41 Å².